The van der Waals surface area contributed by atoms with Crippen LogP contribution in [0.25, 0.3) is 5.78 Å². The minimum Gasteiger partial charge on any atom is -0.346 e. The van der Waals surface area contributed by atoms with E-state index in [2.05, 4.69) is 32.6 Å². The first-order chi connectivity index (χ1) is 16.1. The first-order valence-corrected chi connectivity index (χ1v) is 11.6. The summed E-state index contributed by atoms with van der Waals surface area (Å²) in [5.74, 6) is -5.40. The third kappa shape index (κ3) is 5.66. The summed E-state index contributed by atoms with van der Waals surface area (Å²) in [4.78, 5) is 33.3. The summed E-state index contributed by atoms with van der Waals surface area (Å²) in [6, 6.07) is 1.59. The number of thioether (sulfide) groups is 1. The quantitative estimate of drug-likeness (QED) is 0.347. The number of hydrogen-bond acceptors (Lipinski definition) is 6. The number of nitrogens with zero attached hydrogens (tertiary/aromatic N) is 4. The first-order valence-electron chi connectivity index (χ1n) is 10.7. The van der Waals surface area contributed by atoms with Crippen molar-refractivity contribution in [3.8, 4) is 0 Å². The molecule has 0 radical (unpaired) electrons. The third-order valence-electron chi connectivity index (χ3n) is 5.19. The van der Waals surface area contributed by atoms with Crippen molar-refractivity contribution >= 4 is 35.0 Å². The zero-order valence-corrected chi connectivity index (χ0v) is 20.0. The maximum Gasteiger partial charge on any atom is 0.253 e. The van der Waals surface area contributed by atoms with Crippen molar-refractivity contribution in [3.63, 3.8) is 0 Å². The van der Waals surface area contributed by atoms with E-state index in [1.54, 1.807) is 11.4 Å². The lowest BCUT2D eigenvalue weighted by molar-refractivity contribution is -0.123. The highest BCUT2D eigenvalue weighted by Crippen LogP contribution is 2.23. The van der Waals surface area contributed by atoms with Crippen LogP contribution < -0.4 is 10.6 Å². The monoisotopic (exact) mass is 494 g/mol. The predicted octanol–water partition coefficient (Wildman–Crippen LogP) is 3.74. The van der Waals surface area contributed by atoms with E-state index in [9.17, 15) is 22.8 Å². The van der Waals surface area contributed by atoms with Gasteiger partial charge in [0.15, 0.2) is 17.5 Å². The van der Waals surface area contributed by atoms with E-state index in [-0.39, 0.29) is 0 Å². The summed E-state index contributed by atoms with van der Waals surface area (Å²) in [6.45, 7) is 7.16. The van der Waals surface area contributed by atoms with Gasteiger partial charge in [-0.1, -0.05) is 25.1 Å². The summed E-state index contributed by atoms with van der Waals surface area (Å²) < 4.78 is 41.6. The average molecular weight is 495 g/mol. The second kappa shape index (κ2) is 10.9. The molecule has 3 aromatic rings. The summed E-state index contributed by atoms with van der Waals surface area (Å²) in [5.41, 5.74) is 2.46. The van der Waals surface area contributed by atoms with Crippen LogP contribution in [0.15, 0.2) is 17.3 Å². The van der Waals surface area contributed by atoms with Gasteiger partial charge in [0.05, 0.1) is 17.5 Å². The molecule has 2 aromatic heterocycles. The molecule has 12 heteroatoms. The number of hydrogen-bond donors (Lipinski definition) is 2. The molecule has 0 aliphatic heterocycles. The molecule has 0 aliphatic rings. The second-order valence-electron chi connectivity index (χ2n) is 7.72. The number of nitrogens with one attached hydrogen (secondary N) is 2. The summed E-state index contributed by atoms with van der Waals surface area (Å²) in [5, 5.41) is 8.68. The Labute approximate surface area is 198 Å². The molecule has 8 nitrogen and oxygen atoms in total. The first kappa shape index (κ1) is 25.5. The van der Waals surface area contributed by atoms with Crippen molar-refractivity contribution in [1.29, 1.82) is 0 Å². The van der Waals surface area contributed by atoms with Crippen LogP contribution in [0, 0.1) is 31.3 Å². The molecule has 0 spiro atoms. The van der Waals surface area contributed by atoms with Gasteiger partial charge in [-0.05, 0) is 51.3 Å². The van der Waals surface area contributed by atoms with Crippen molar-refractivity contribution in [1.82, 2.24) is 24.9 Å². The Kier molecular flexibility index (Phi) is 8.13. The zero-order chi connectivity index (χ0) is 25.0. The number of rotatable bonds is 9. The standard InChI is InChI=1S/C22H25F3N6O2S/c1-5-6-7-14-11(2)27-21-29-22(30-31(21)12(14)3)34-13(4)20(33)26-10-17(32)28-16-9-8-15(23)18(24)19(16)25/h8-9,13H,5-7,10H2,1-4H3,(H,26,33)(H,28,32). The average Bonchev–Trinajstić information content (AvgIpc) is 3.20. The van der Waals surface area contributed by atoms with Gasteiger partial charge in [0.25, 0.3) is 5.78 Å². The van der Waals surface area contributed by atoms with Crippen LogP contribution in [0.2, 0.25) is 0 Å². The van der Waals surface area contributed by atoms with Gasteiger partial charge in [0.1, 0.15) is 0 Å². The van der Waals surface area contributed by atoms with Crippen molar-refractivity contribution in [2.24, 2.45) is 0 Å². The number of amides is 2. The van der Waals surface area contributed by atoms with E-state index in [0.717, 1.165) is 54.0 Å². The Morgan fingerprint density at radius 1 is 1.15 bits per heavy atom. The Bertz CT molecular complexity index is 1230. The summed E-state index contributed by atoms with van der Waals surface area (Å²) in [7, 11) is 0. The zero-order valence-electron chi connectivity index (χ0n) is 19.2. The molecule has 2 amide bonds. The van der Waals surface area contributed by atoms with Crippen molar-refractivity contribution in [2.75, 3.05) is 11.9 Å². The number of anilines is 1. The smallest absolute Gasteiger partial charge is 0.253 e. The van der Waals surface area contributed by atoms with E-state index in [4.69, 9.17) is 0 Å². The maximum absolute atomic E-state index is 13.7. The molecule has 34 heavy (non-hydrogen) atoms. The lowest BCUT2D eigenvalue weighted by Gasteiger charge is -2.11. The number of benzene rings is 1. The molecule has 0 saturated heterocycles. The van der Waals surface area contributed by atoms with E-state index in [1.807, 2.05) is 13.8 Å². The van der Waals surface area contributed by atoms with E-state index < -0.39 is 46.7 Å². The molecule has 2 heterocycles. The highest BCUT2D eigenvalue weighted by molar-refractivity contribution is 8.00. The Morgan fingerprint density at radius 3 is 2.59 bits per heavy atom. The normalized spacial score (nSPS) is 12.1. The lowest BCUT2D eigenvalue weighted by Crippen LogP contribution is -2.37. The van der Waals surface area contributed by atoms with Gasteiger partial charge in [-0.15, -0.1) is 5.10 Å². The number of unbranched alkanes of at least 4 members (excludes halogenated alkanes) is 1. The molecule has 0 aliphatic carbocycles. The van der Waals surface area contributed by atoms with E-state index in [1.165, 1.54) is 0 Å². The molecule has 1 atom stereocenters. The lowest BCUT2D eigenvalue weighted by atomic mass is 10.1. The fourth-order valence-corrected chi connectivity index (χ4v) is 4.06. The molecule has 0 bridgehead atoms. The van der Waals surface area contributed by atoms with E-state index in [0.29, 0.717) is 17.0 Å². The van der Waals surface area contributed by atoms with Crippen LogP contribution in [0.3, 0.4) is 0 Å². The van der Waals surface area contributed by atoms with Crippen LogP contribution in [-0.4, -0.2) is 43.2 Å². The molecule has 1 unspecified atom stereocenters. The SMILES string of the molecule is CCCCc1c(C)nc2nc(SC(C)C(=O)NCC(=O)Nc3ccc(F)c(F)c3F)nn2c1C. The predicted molar refractivity (Wildman–Crippen MR) is 122 cm³/mol. The van der Waals surface area contributed by atoms with Crippen LogP contribution >= 0.6 is 11.8 Å². The van der Waals surface area contributed by atoms with Gasteiger partial charge >= 0.3 is 0 Å². The molecule has 0 fully saturated rings. The number of aromatic nitrogens is 4. The third-order valence-corrected chi connectivity index (χ3v) is 6.15. The topological polar surface area (TPSA) is 101 Å². The van der Waals surface area contributed by atoms with Gasteiger partial charge in [-0.3, -0.25) is 9.59 Å². The van der Waals surface area contributed by atoms with Gasteiger partial charge in [0, 0.05) is 11.4 Å². The molecule has 1 aromatic carbocycles. The molecule has 182 valence electrons. The fourth-order valence-electron chi connectivity index (χ4n) is 3.29. The Hall–Kier alpha value is -3.15. The Balaban J connectivity index is 1.60. The van der Waals surface area contributed by atoms with Gasteiger partial charge < -0.3 is 10.6 Å². The molecular formula is C22H25F3N6O2S. The van der Waals surface area contributed by atoms with Crippen LogP contribution in [0.1, 0.15) is 43.6 Å². The number of aryl methyl sites for hydroxylation is 2. The molecule has 2 N–H and O–H groups in total. The van der Waals surface area contributed by atoms with Crippen LogP contribution in [0.4, 0.5) is 18.9 Å². The van der Waals surface area contributed by atoms with Gasteiger partial charge in [-0.25, -0.2) is 22.7 Å². The van der Waals surface area contributed by atoms with Crippen molar-refractivity contribution in [2.45, 2.75) is 57.4 Å². The fraction of sp³-hybridized carbons (Fsp3) is 0.409. The second-order valence-corrected chi connectivity index (χ2v) is 9.03. The molecule has 0 saturated carbocycles. The number of carbonyl (C=O) groups excluding carboxylic acids is 2. The highest BCUT2D eigenvalue weighted by Gasteiger charge is 2.21. The minimum atomic E-state index is -1.69. The Morgan fingerprint density at radius 2 is 1.88 bits per heavy atom. The van der Waals surface area contributed by atoms with Gasteiger partial charge in [0.2, 0.25) is 17.0 Å². The van der Waals surface area contributed by atoms with Crippen molar-refractivity contribution in [3.05, 3.63) is 46.5 Å². The summed E-state index contributed by atoms with van der Waals surface area (Å²) in [6.07, 6.45) is 3.00. The largest absolute Gasteiger partial charge is 0.346 e. The minimum absolute atomic E-state index is 0.360. The maximum atomic E-state index is 13.7. The molecular weight excluding hydrogens is 469 g/mol. The van der Waals surface area contributed by atoms with Crippen LogP contribution in [-0.2, 0) is 16.0 Å². The number of halogens is 3. The number of carbonyl (C=O) groups is 2. The van der Waals surface area contributed by atoms with E-state index >= 15 is 0 Å². The highest BCUT2D eigenvalue weighted by atomic mass is 32.2. The number of fused-ring (bicyclic) bond motifs is 1. The van der Waals surface area contributed by atoms with Crippen LogP contribution in [0.5, 0.6) is 0 Å². The summed E-state index contributed by atoms with van der Waals surface area (Å²) >= 11 is 1.10. The molecule has 3 rings (SSSR count). The van der Waals surface area contributed by atoms with Crippen molar-refractivity contribution < 1.29 is 22.8 Å². The van der Waals surface area contributed by atoms with Gasteiger partial charge in [-0.2, -0.15) is 4.98 Å².